The first-order valence-electron chi connectivity index (χ1n) is 10.9. The highest BCUT2D eigenvalue weighted by Gasteiger charge is 2.36. The lowest BCUT2D eigenvalue weighted by atomic mass is 9.72. The van der Waals surface area contributed by atoms with Gasteiger partial charge in [-0.25, -0.2) is 0 Å². The minimum absolute atomic E-state index is 0.167. The van der Waals surface area contributed by atoms with Crippen molar-refractivity contribution in [2.45, 2.75) is 51.4 Å². The van der Waals surface area contributed by atoms with Crippen LogP contribution < -0.4 is 0 Å². The normalized spacial score (nSPS) is 22.1. The Labute approximate surface area is 174 Å². The highest BCUT2D eigenvalue weighted by Crippen LogP contribution is 2.48. The first-order chi connectivity index (χ1) is 14.2. The van der Waals surface area contributed by atoms with Crippen LogP contribution in [0.15, 0.2) is 58.5 Å². The quantitative estimate of drug-likeness (QED) is 0.446. The lowest BCUT2D eigenvalue weighted by molar-refractivity contribution is -0.110. The van der Waals surface area contributed by atoms with Crippen LogP contribution in [0.2, 0.25) is 0 Å². The SMILES string of the molecule is CC(C=O)CCCC(C)CC(C1C=Nc2ccccc21)C1C=Nc2ccccc21. The molecule has 4 unspecified atom stereocenters. The van der Waals surface area contributed by atoms with Crippen LogP contribution in [0, 0.1) is 17.8 Å². The summed E-state index contributed by atoms with van der Waals surface area (Å²) in [6, 6.07) is 17.1. The second kappa shape index (κ2) is 8.86. The summed E-state index contributed by atoms with van der Waals surface area (Å²) in [7, 11) is 0. The van der Waals surface area contributed by atoms with Gasteiger partial charge in [0.25, 0.3) is 0 Å². The molecule has 0 aromatic heterocycles. The van der Waals surface area contributed by atoms with E-state index in [0.717, 1.165) is 43.3 Å². The topological polar surface area (TPSA) is 41.8 Å². The standard InChI is InChI=1S/C26H30N2O/c1-18(8-7-9-19(2)17-29)14-22(23-15-27-25-12-5-3-10-20(23)25)24-16-28-26-13-6-4-11-21(24)26/h3-6,10-13,15-19,22-24H,7-9,14H2,1-2H3. The Morgan fingerprint density at radius 1 is 0.862 bits per heavy atom. The number of fused-ring (bicyclic) bond motifs is 2. The van der Waals surface area contributed by atoms with E-state index in [1.54, 1.807) is 0 Å². The fraction of sp³-hybridized carbons (Fsp3) is 0.423. The maximum atomic E-state index is 10.9. The Morgan fingerprint density at radius 3 is 1.97 bits per heavy atom. The molecule has 0 N–H and O–H groups in total. The third kappa shape index (κ3) is 4.24. The van der Waals surface area contributed by atoms with Gasteiger partial charge in [-0.15, -0.1) is 0 Å². The predicted octanol–water partition coefficient (Wildman–Crippen LogP) is 6.63. The zero-order valence-electron chi connectivity index (χ0n) is 17.4. The average Bonchev–Trinajstić information content (AvgIpc) is 3.36. The average molecular weight is 387 g/mol. The van der Waals surface area contributed by atoms with E-state index in [4.69, 9.17) is 9.98 Å². The minimum Gasteiger partial charge on any atom is -0.303 e. The molecule has 2 heterocycles. The molecule has 2 aromatic carbocycles. The molecule has 0 bridgehead atoms. The van der Waals surface area contributed by atoms with E-state index in [1.165, 1.54) is 11.1 Å². The molecule has 150 valence electrons. The molecule has 0 spiro atoms. The molecule has 0 saturated heterocycles. The predicted molar refractivity (Wildman–Crippen MR) is 121 cm³/mol. The van der Waals surface area contributed by atoms with Gasteiger partial charge in [-0.05, 0) is 47.9 Å². The first kappa shape index (κ1) is 19.8. The summed E-state index contributed by atoms with van der Waals surface area (Å²) in [6.07, 6.45) is 9.78. The second-order valence-electron chi connectivity index (χ2n) is 8.77. The van der Waals surface area contributed by atoms with E-state index in [1.807, 2.05) is 6.92 Å². The molecule has 0 radical (unpaired) electrons. The second-order valence-corrected chi connectivity index (χ2v) is 8.77. The zero-order valence-corrected chi connectivity index (χ0v) is 17.4. The Balaban J connectivity index is 1.55. The maximum absolute atomic E-state index is 10.9. The monoisotopic (exact) mass is 386 g/mol. The molecule has 2 aliphatic rings. The van der Waals surface area contributed by atoms with E-state index in [0.29, 0.717) is 23.7 Å². The number of hydrogen-bond donors (Lipinski definition) is 0. The summed E-state index contributed by atoms with van der Waals surface area (Å²) < 4.78 is 0. The zero-order chi connectivity index (χ0) is 20.2. The van der Waals surface area contributed by atoms with Crippen LogP contribution in [0.1, 0.15) is 62.5 Å². The van der Waals surface area contributed by atoms with Gasteiger partial charge in [-0.3, -0.25) is 9.98 Å². The Morgan fingerprint density at radius 2 is 1.41 bits per heavy atom. The van der Waals surface area contributed by atoms with Gasteiger partial charge < -0.3 is 4.79 Å². The molecule has 0 saturated carbocycles. The summed E-state index contributed by atoms with van der Waals surface area (Å²) in [5, 5.41) is 0. The molecule has 3 nitrogen and oxygen atoms in total. The van der Waals surface area contributed by atoms with Crippen molar-refractivity contribution >= 4 is 30.1 Å². The van der Waals surface area contributed by atoms with Crippen LogP contribution in [0.25, 0.3) is 0 Å². The summed E-state index contributed by atoms with van der Waals surface area (Å²) in [6.45, 7) is 4.37. The lowest BCUT2D eigenvalue weighted by Crippen LogP contribution is -2.23. The van der Waals surface area contributed by atoms with Crippen LogP contribution in [-0.2, 0) is 4.79 Å². The number of carbonyl (C=O) groups is 1. The van der Waals surface area contributed by atoms with Gasteiger partial charge in [0.05, 0.1) is 11.4 Å². The number of para-hydroxylation sites is 2. The van der Waals surface area contributed by atoms with E-state index in [-0.39, 0.29) is 5.92 Å². The van der Waals surface area contributed by atoms with Crippen molar-refractivity contribution < 1.29 is 4.79 Å². The molecule has 0 fully saturated rings. The third-order valence-corrected chi connectivity index (χ3v) is 6.53. The van der Waals surface area contributed by atoms with Crippen LogP contribution >= 0.6 is 0 Å². The van der Waals surface area contributed by atoms with Crippen molar-refractivity contribution in [2.24, 2.45) is 27.7 Å². The fourth-order valence-corrected chi connectivity index (χ4v) is 4.89. The molecule has 4 rings (SSSR count). The summed E-state index contributed by atoms with van der Waals surface area (Å²) >= 11 is 0. The van der Waals surface area contributed by atoms with Crippen molar-refractivity contribution in [2.75, 3.05) is 0 Å². The lowest BCUT2D eigenvalue weighted by Gasteiger charge is -2.30. The molecule has 2 aromatic rings. The molecule has 2 aliphatic heterocycles. The molecule has 3 heteroatoms. The molecule has 0 aliphatic carbocycles. The minimum atomic E-state index is 0.167. The third-order valence-electron chi connectivity index (χ3n) is 6.53. The van der Waals surface area contributed by atoms with E-state index >= 15 is 0 Å². The number of rotatable bonds is 9. The largest absolute Gasteiger partial charge is 0.303 e. The Bertz CT molecular complexity index is 855. The van der Waals surface area contributed by atoms with Gasteiger partial charge in [0.1, 0.15) is 6.29 Å². The van der Waals surface area contributed by atoms with Crippen molar-refractivity contribution in [1.29, 1.82) is 0 Å². The Hall–Kier alpha value is -2.55. The molecule has 0 amide bonds. The van der Waals surface area contributed by atoms with Gasteiger partial charge in [-0.1, -0.05) is 63.1 Å². The number of aliphatic imine (C=N–C) groups is 2. The maximum Gasteiger partial charge on any atom is 0.122 e. The van der Waals surface area contributed by atoms with Gasteiger partial charge in [-0.2, -0.15) is 0 Å². The highest BCUT2D eigenvalue weighted by atomic mass is 16.1. The van der Waals surface area contributed by atoms with Crippen molar-refractivity contribution in [3.05, 3.63) is 59.7 Å². The Kier molecular flexibility index (Phi) is 6.03. The summed E-state index contributed by atoms with van der Waals surface area (Å²) in [5.74, 6) is 1.85. The van der Waals surface area contributed by atoms with Gasteiger partial charge >= 0.3 is 0 Å². The molecule has 29 heavy (non-hydrogen) atoms. The van der Waals surface area contributed by atoms with Gasteiger partial charge in [0.2, 0.25) is 0 Å². The van der Waals surface area contributed by atoms with Gasteiger partial charge in [0, 0.05) is 30.2 Å². The van der Waals surface area contributed by atoms with Crippen LogP contribution in [-0.4, -0.2) is 18.7 Å². The van der Waals surface area contributed by atoms with Crippen LogP contribution in [0.3, 0.4) is 0 Å². The molecular weight excluding hydrogens is 356 g/mol. The number of aldehydes is 1. The van der Waals surface area contributed by atoms with Gasteiger partial charge in [0.15, 0.2) is 0 Å². The number of nitrogens with zero attached hydrogens (tertiary/aromatic N) is 2. The van der Waals surface area contributed by atoms with E-state index in [2.05, 4.69) is 67.9 Å². The van der Waals surface area contributed by atoms with Crippen molar-refractivity contribution in [3.8, 4) is 0 Å². The van der Waals surface area contributed by atoms with Crippen molar-refractivity contribution in [1.82, 2.24) is 0 Å². The highest BCUT2D eigenvalue weighted by molar-refractivity contribution is 5.85. The molecule has 4 atom stereocenters. The van der Waals surface area contributed by atoms with E-state index in [9.17, 15) is 4.79 Å². The smallest absolute Gasteiger partial charge is 0.122 e. The number of hydrogen-bond acceptors (Lipinski definition) is 3. The number of carbonyl (C=O) groups excluding carboxylic acids is 1. The molecular formula is C26H30N2O. The summed E-state index contributed by atoms with van der Waals surface area (Å²) in [5.41, 5.74) is 4.91. The van der Waals surface area contributed by atoms with Crippen LogP contribution in [0.4, 0.5) is 11.4 Å². The van der Waals surface area contributed by atoms with Crippen molar-refractivity contribution in [3.63, 3.8) is 0 Å². The van der Waals surface area contributed by atoms with E-state index < -0.39 is 0 Å². The summed E-state index contributed by atoms with van der Waals surface area (Å²) in [4.78, 5) is 20.4. The van der Waals surface area contributed by atoms with Crippen LogP contribution in [0.5, 0.6) is 0 Å². The first-order valence-corrected chi connectivity index (χ1v) is 10.9. The number of benzene rings is 2. The fourth-order valence-electron chi connectivity index (χ4n) is 4.89.